The Balaban J connectivity index is 0.000000861. The van der Waals surface area contributed by atoms with Crippen molar-refractivity contribution in [3.63, 3.8) is 0 Å². The van der Waals surface area contributed by atoms with Gasteiger partial charge in [-0.05, 0) is 45.9 Å². The smallest absolute Gasteiger partial charge is 0.151 e. The average molecular weight is 265 g/mol. The number of nitrogens with two attached hydrogens (primary N) is 1. The van der Waals surface area contributed by atoms with E-state index < -0.39 is 0 Å². The minimum absolute atomic E-state index is 0.591. The van der Waals surface area contributed by atoms with Crippen LogP contribution < -0.4 is 16.0 Å². The van der Waals surface area contributed by atoms with Crippen LogP contribution in [-0.4, -0.2) is 42.4 Å². The van der Waals surface area contributed by atoms with E-state index in [1.165, 1.54) is 19.9 Å². The van der Waals surface area contributed by atoms with Crippen molar-refractivity contribution < 1.29 is 0 Å². The van der Waals surface area contributed by atoms with Crippen molar-refractivity contribution in [3.8, 4) is 0 Å². The summed E-state index contributed by atoms with van der Waals surface area (Å²) in [6.07, 6.45) is 2.38. The van der Waals surface area contributed by atoms with Crippen LogP contribution in [0.25, 0.3) is 0 Å². The maximum atomic E-state index is 4.50. The molecule has 0 spiro atoms. The van der Waals surface area contributed by atoms with Crippen LogP contribution in [0.1, 0.15) is 32.4 Å². The maximum Gasteiger partial charge on any atom is 0.151 e. The zero-order chi connectivity index (χ0) is 14.3. The Hall–Kier alpha value is -1.20. The largest absolute Gasteiger partial charge is 0.354 e. The van der Waals surface area contributed by atoms with Crippen LogP contribution in [0.3, 0.4) is 0 Å². The predicted octanol–water partition coefficient (Wildman–Crippen LogP) is 1.33. The number of aromatic nitrogens is 2. The summed E-state index contributed by atoms with van der Waals surface area (Å²) in [7, 11) is 1.50. The van der Waals surface area contributed by atoms with Gasteiger partial charge in [0.05, 0.1) is 5.69 Å². The van der Waals surface area contributed by atoms with E-state index in [0.29, 0.717) is 12.1 Å². The molecule has 1 aliphatic heterocycles. The molecule has 108 valence electrons. The summed E-state index contributed by atoms with van der Waals surface area (Å²) in [5.74, 6) is 1.00. The molecule has 2 atom stereocenters. The van der Waals surface area contributed by atoms with Crippen molar-refractivity contribution in [1.82, 2.24) is 15.5 Å². The summed E-state index contributed by atoms with van der Waals surface area (Å²) >= 11 is 0. The summed E-state index contributed by atoms with van der Waals surface area (Å²) in [4.78, 5) is 2.31. The first-order valence-corrected chi connectivity index (χ1v) is 7.08. The van der Waals surface area contributed by atoms with Gasteiger partial charge in [0.25, 0.3) is 0 Å². The molecule has 1 aromatic heterocycles. The van der Waals surface area contributed by atoms with Gasteiger partial charge in [0.1, 0.15) is 0 Å². The van der Waals surface area contributed by atoms with Crippen molar-refractivity contribution in [1.29, 1.82) is 0 Å². The van der Waals surface area contributed by atoms with E-state index in [9.17, 15) is 0 Å². The minimum Gasteiger partial charge on any atom is -0.354 e. The third-order valence-corrected chi connectivity index (χ3v) is 3.43. The maximum absolute atomic E-state index is 4.50. The molecule has 0 saturated carbocycles. The molecular formula is C14H27N5. The summed E-state index contributed by atoms with van der Waals surface area (Å²) in [6, 6.07) is 5.28. The highest BCUT2D eigenvalue weighted by molar-refractivity contribution is 5.39. The zero-order valence-corrected chi connectivity index (χ0v) is 12.6. The lowest BCUT2D eigenvalue weighted by Crippen LogP contribution is -2.38. The second-order valence-electron chi connectivity index (χ2n) is 4.94. The molecular weight excluding hydrogens is 238 g/mol. The van der Waals surface area contributed by atoms with Gasteiger partial charge < -0.3 is 16.0 Å². The Morgan fingerprint density at radius 1 is 1.42 bits per heavy atom. The monoisotopic (exact) mass is 265 g/mol. The summed E-state index contributed by atoms with van der Waals surface area (Å²) < 4.78 is 0. The molecule has 5 nitrogen and oxygen atoms in total. The molecule has 19 heavy (non-hydrogen) atoms. The van der Waals surface area contributed by atoms with E-state index in [0.717, 1.165) is 24.6 Å². The molecule has 5 heteroatoms. The lowest BCUT2D eigenvalue weighted by Gasteiger charge is -2.19. The SMILES string of the molecule is CCC(C)NC1CCN(c2ccc(C)nn2)C1.CN. The second-order valence-corrected chi connectivity index (χ2v) is 4.94. The van der Waals surface area contributed by atoms with Crippen molar-refractivity contribution in [3.05, 3.63) is 17.8 Å². The molecule has 1 aliphatic rings. The number of nitrogens with one attached hydrogen (secondary N) is 1. The lowest BCUT2D eigenvalue weighted by atomic mass is 10.2. The van der Waals surface area contributed by atoms with E-state index in [1.54, 1.807) is 0 Å². The van der Waals surface area contributed by atoms with Crippen molar-refractivity contribution in [2.45, 2.75) is 45.7 Å². The predicted molar refractivity (Wildman–Crippen MR) is 80.4 cm³/mol. The first kappa shape index (κ1) is 15.9. The highest BCUT2D eigenvalue weighted by Gasteiger charge is 2.24. The highest BCUT2D eigenvalue weighted by atomic mass is 15.3. The van der Waals surface area contributed by atoms with Gasteiger partial charge in [-0.3, -0.25) is 0 Å². The van der Waals surface area contributed by atoms with E-state index >= 15 is 0 Å². The molecule has 0 aromatic carbocycles. The third-order valence-electron chi connectivity index (χ3n) is 3.43. The summed E-state index contributed by atoms with van der Waals surface area (Å²) in [6.45, 7) is 8.55. The number of anilines is 1. The fraction of sp³-hybridized carbons (Fsp3) is 0.714. The van der Waals surface area contributed by atoms with Gasteiger partial charge in [0.15, 0.2) is 5.82 Å². The van der Waals surface area contributed by atoms with Crippen LogP contribution >= 0.6 is 0 Å². The number of aryl methyl sites for hydroxylation is 1. The van der Waals surface area contributed by atoms with Gasteiger partial charge >= 0.3 is 0 Å². The molecule has 2 heterocycles. The van der Waals surface area contributed by atoms with Gasteiger partial charge in [0.2, 0.25) is 0 Å². The number of hydrogen-bond donors (Lipinski definition) is 2. The van der Waals surface area contributed by atoms with Crippen LogP contribution in [0.15, 0.2) is 12.1 Å². The Morgan fingerprint density at radius 2 is 2.16 bits per heavy atom. The minimum atomic E-state index is 0.591. The van der Waals surface area contributed by atoms with Gasteiger partial charge in [-0.25, -0.2) is 0 Å². The highest BCUT2D eigenvalue weighted by Crippen LogP contribution is 2.17. The van der Waals surface area contributed by atoms with Crippen LogP contribution in [0.2, 0.25) is 0 Å². The van der Waals surface area contributed by atoms with E-state index in [4.69, 9.17) is 0 Å². The Bertz CT molecular complexity index is 351. The molecule has 2 rings (SSSR count). The van der Waals surface area contributed by atoms with E-state index in [-0.39, 0.29) is 0 Å². The number of rotatable bonds is 4. The fourth-order valence-corrected chi connectivity index (χ4v) is 2.19. The van der Waals surface area contributed by atoms with Gasteiger partial charge in [-0.15, -0.1) is 5.10 Å². The molecule has 0 amide bonds. The second kappa shape index (κ2) is 8.07. The molecule has 1 aromatic rings. The van der Waals surface area contributed by atoms with Gasteiger partial charge in [-0.1, -0.05) is 6.92 Å². The standard InChI is InChI=1S/C13H22N4.CH5N/c1-4-10(2)14-12-7-8-17(9-12)13-6-5-11(3)15-16-13;1-2/h5-6,10,12,14H,4,7-9H2,1-3H3;2H2,1H3. The van der Waals surface area contributed by atoms with Crippen LogP contribution in [0.4, 0.5) is 5.82 Å². The van der Waals surface area contributed by atoms with Crippen LogP contribution in [-0.2, 0) is 0 Å². The van der Waals surface area contributed by atoms with Gasteiger partial charge in [0, 0.05) is 25.2 Å². The zero-order valence-electron chi connectivity index (χ0n) is 12.6. The number of hydrogen-bond acceptors (Lipinski definition) is 5. The normalized spacial score (nSPS) is 19.8. The summed E-state index contributed by atoms with van der Waals surface area (Å²) in [5.41, 5.74) is 5.47. The van der Waals surface area contributed by atoms with Crippen molar-refractivity contribution in [2.24, 2.45) is 5.73 Å². The first-order chi connectivity index (χ1) is 9.19. The Labute approximate surface area is 116 Å². The topological polar surface area (TPSA) is 67.1 Å². The molecule has 2 unspecified atom stereocenters. The Morgan fingerprint density at radius 3 is 2.74 bits per heavy atom. The molecule has 1 fully saturated rings. The van der Waals surface area contributed by atoms with Crippen molar-refractivity contribution >= 4 is 5.82 Å². The quantitative estimate of drug-likeness (QED) is 0.859. The van der Waals surface area contributed by atoms with E-state index in [1.807, 2.05) is 13.0 Å². The van der Waals surface area contributed by atoms with Crippen LogP contribution in [0, 0.1) is 6.92 Å². The molecule has 1 saturated heterocycles. The molecule has 0 bridgehead atoms. The molecule has 0 radical (unpaired) electrons. The molecule has 3 N–H and O–H groups in total. The molecule has 0 aliphatic carbocycles. The van der Waals surface area contributed by atoms with E-state index in [2.05, 4.69) is 46.1 Å². The number of nitrogens with zero attached hydrogens (tertiary/aromatic N) is 3. The average Bonchev–Trinajstić information content (AvgIpc) is 2.90. The fourth-order valence-electron chi connectivity index (χ4n) is 2.19. The Kier molecular flexibility index (Phi) is 6.73. The lowest BCUT2D eigenvalue weighted by molar-refractivity contribution is 0.459. The van der Waals surface area contributed by atoms with Crippen LogP contribution in [0.5, 0.6) is 0 Å². The third kappa shape index (κ3) is 4.76. The van der Waals surface area contributed by atoms with Crippen molar-refractivity contribution in [2.75, 3.05) is 25.0 Å². The first-order valence-electron chi connectivity index (χ1n) is 7.08. The summed E-state index contributed by atoms with van der Waals surface area (Å²) in [5, 5.41) is 12.0. The van der Waals surface area contributed by atoms with Gasteiger partial charge in [-0.2, -0.15) is 5.10 Å².